The topological polar surface area (TPSA) is 85.1 Å². The summed E-state index contributed by atoms with van der Waals surface area (Å²) in [5, 5.41) is 21.8. The van der Waals surface area contributed by atoms with E-state index in [1.807, 2.05) is 6.07 Å². The second kappa shape index (κ2) is 8.12. The van der Waals surface area contributed by atoms with E-state index in [2.05, 4.69) is 14.7 Å². The highest BCUT2D eigenvalue weighted by molar-refractivity contribution is 5.65. The molecule has 0 aliphatic carbocycles. The number of halogens is 4. The molecule has 29 heavy (non-hydrogen) atoms. The zero-order chi connectivity index (χ0) is 21.0. The number of nitrogens with zero attached hydrogens (tertiary/aromatic N) is 4. The number of rotatable bonds is 6. The molecule has 0 N–H and O–H groups in total. The van der Waals surface area contributed by atoms with Crippen molar-refractivity contribution in [2.45, 2.75) is 12.5 Å². The van der Waals surface area contributed by atoms with Crippen LogP contribution in [0, 0.1) is 16.5 Å². The third-order valence-corrected chi connectivity index (χ3v) is 3.67. The van der Waals surface area contributed by atoms with Gasteiger partial charge in [0.2, 0.25) is 5.95 Å². The highest BCUT2D eigenvalue weighted by Gasteiger charge is 2.44. The second-order valence-electron chi connectivity index (χ2n) is 5.69. The van der Waals surface area contributed by atoms with Crippen LogP contribution in [0.4, 0.5) is 29.2 Å². The minimum Gasteiger partial charge on any atom is -0.752 e. The molecule has 0 bridgehead atoms. The first-order valence-corrected chi connectivity index (χ1v) is 8.06. The molecule has 3 rings (SSSR count). The second-order valence-corrected chi connectivity index (χ2v) is 5.69. The van der Waals surface area contributed by atoms with Crippen molar-refractivity contribution in [3.63, 3.8) is 0 Å². The normalized spacial score (nSPS) is 11.2. The van der Waals surface area contributed by atoms with Gasteiger partial charge in [0.1, 0.15) is 5.75 Å². The van der Waals surface area contributed by atoms with Gasteiger partial charge in [0.05, 0.1) is 17.3 Å². The van der Waals surface area contributed by atoms with E-state index in [-0.39, 0.29) is 16.7 Å². The van der Waals surface area contributed by atoms with E-state index in [4.69, 9.17) is 5.26 Å². The Bertz CT molecular complexity index is 1060. The average Bonchev–Trinajstić information content (AvgIpc) is 2.73. The standard InChI is InChI=1S/C19H11F4N4O2/c20-17(21)19(22,23)29-15-6-2-5-14(10-15)27(28)18-25-8-7-16(26-18)13-4-1-3-12(9-13)11-24/h1-10,17H/q-1. The van der Waals surface area contributed by atoms with Gasteiger partial charge in [0.15, 0.2) is 0 Å². The number of aromatic nitrogens is 2. The zero-order valence-electron chi connectivity index (χ0n) is 14.5. The fraction of sp³-hybridized carbons (Fsp3) is 0.105. The molecule has 3 aromatic rings. The van der Waals surface area contributed by atoms with Gasteiger partial charge in [-0.1, -0.05) is 18.2 Å². The predicted molar refractivity (Wildman–Crippen MR) is 95.7 cm³/mol. The Labute approximate surface area is 162 Å². The summed E-state index contributed by atoms with van der Waals surface area (Å²) >= 11 is 0. The van der Waals surface area contributed by atoms with Crippen molar-refractivity contribution in [2.75, 3.05) is 5.06 Å². The van der Waals surface area contributed by atoms with Crippen LogP contribution in [0.3, 0.4) is 0 Å². The Morgan fingerprint density at radius 3 is 2.59 bits per heavy atom. The molecule has 0 amide bonds. The molecule has 0 radical (unpaired) electrons. The lowest BCUT2D eigenvalue weighted by molar-refractivity contribution is -0.253. The first kappa shape index (κ1) is 20.0. The maximum atomic E-state index is 13.1. The molecule has 0 unspecified atom stereocenters. The smallest absolute Gasteiger partial charge is 0.461 e. The van der Waals surface area contributed by atoms with Gasteiger partial charge in [0.25, 0.3) is 0 Å². The average molecular weight is 403 g/mol. The molecule has 0 spiro atoms. The molecule has 0 saturated heterocycles. The lowest BCUT2D eigenvalue weighted by Crippen LogP contribution is -2.33. The van der Waals surface area contributed by atoms with Crippen molar-refractivity contribution in [3.8, 4) is 23.1 Å². The van der Waals surface area contributed by atoms with E-state index in [1.165, 1.54) is 24.4 Å². The first-order valence-electron chi connectivity index (χ1n) is 8.06. The zero-order valence-corrected chi connectivity index (χ0v) is 14.5. The molecule has 0 aliphatic heterocycles. The number of hydrogen-bond donors (Lipinski definition) is 0. The molecule has 0 atom stereocenters. The minimum atomic E-state index is -4.70. The third-order valence-electron chi connectivity index (χ3n) is 3.67. The molecule has 0 fully saturated rings. The van der Waals surface area contributed by atoms with Crippen LogP contribution < -0.4 is 9.80 Å². The van der Waals surface area contributed by atoms with Gasteiger partial charge in [-0.05, 0) is 30.3 Å². The van der Waals surface area contributed by atoms with Crippen molar-refractivity contribution in [3.05, 3.63) is 71.6 Å². The first-order chi connectivity index (χ1) is 13.8. The van der Waals surface area contributed by atoms with Crippen molar-refractivity contribution in [1.29, 1.82) is 5.26 Å². The molecule has 1 heterocycles. The number of alkyl halides is 4. The summed E-state index contributed by atoms with van der Waals surface area (Å²) < 4.78 is 54.7. The van der Waals surface area contributed by atoms with Crippen LogP contribution in [-0.2, 0) is 0 Å². The van der Waals surface area contributed by atoms with Crippen LogP contribution in [-0.4, -0.2) is 22.5 Å². The van der Waals surface area contributed by atoms with Gasteiger partial charge in [-0.3, -0.25) is 0 Å². The summed E-state index contributed by atoms with van der Waals surface area (Å²) in [7, 11) is 0. The summed E-state index contributed by atoms with van der Waals surface area (Å²) in [5.74, 6) is -0.936. The maximum absolute atomic E-state index is 13.1. The van der Waals surface area contributed by atoms with Crippen LogP contribution in [0.2, 0.25) is 0 Å². The molecule has 1 aromatic heterocycles. The largest absolute Gasteiger partial charge is 0.752 e. The van der Waals surface area contributed by atoms with Crippen molar-refractivity contribution in [2.24, 2.45) is 0 Å². The molecule has 10 heteroatoms. The molecule has 0 saturated carbocycles. The number of nitriles is 1. The van der Waals surface area contributed by atoms with Gasteiger partial charge in [-0.25, -0.2) is 9.97 Å². The minimum absolute atomic E-state index is 0.199. The van der Waals surface area contributed by atoms with Crippen molar-refractivity contribution < 1.29 is 22.3 Å². The van der Waals surface area contributed by atoms with Crippen LogP contribution in [0.1, 0.15) is 5.56 Å². The number of benzene rings is 2. The fourth-order valence-electron chi connectivity index (χ4n) is 2.35. The van der Waals surface area contributed by atoms with E-state index in [0.717, 1.165) is 12.1 Å². The van der Waals surface area contributed by atoms with Crippen molar-refractivity contribution in [1.82, 2.24) is 9.97 Å². The molecule has 0 aliphatic rings. The van der Waals surface area contributed by atoms with E-state index in [0.29, 0.717) is 16.8 Å². The maximum Gasteiger partial charge on any atom is 0.461 e. The predicted octanol–water partition coefficient (Wildman–Crippen LogP) is 4.89. The van der Waals surface area contributed by atoms with E-state index in [1.54, 1.807) is 24.3 Å². The summed E-state index contributed by atoms with van der Waals surface area (Å²) in [6.07, 6.45) is -7.42. The Morgan fingerprint density at radius 1 is 1.10 bits per heavy atom. The van der Waals surface area contributed by atoms with Crippen LogP contribution in [0.5, 0.6) is 5.75 Å². The molecule has 2 aromatic carbocycles. The SMILES string of the molecule is N#Cc1cccc(-c2ccnc(N([O-])c3cccc(OC(F)(F)C(F)F)c3)n2)c1. The van der Waals surface area contributed by atoms with Gasteiger partial charge in [-0.2, -0.15) is 22.8 Å². The number of hydrogen-bond acceptors (Lipinski definition) is 6. The fourth-order valence-corrected chi connectivity index (χ4v) is 2.35. The highest BCUT2D eigenvalue weighted by atomic mass is 19.3. The van der Waals surface area contributed by atoms with Crippen LogP contribution in [0.15, 0.2) is 60.8 Å². The summed E-state index contributed by atoms with van der Waals surface area (Å²) in [6, 6.07) is 14.4. The van der Waals surface area contributed by atoms with E-state index in [9.17, 15) is 22.8 Å². The molecule has 6 nitrogen and oxygen atoms in total. The van der Waals surface area contributed by atoms with Crippen LogP contribution in [0.25, 0.3) is 11.3 Å². The highest BCUT2D eigenvalue weighted by Crippen LogP contribution is 2.31. The summed E-state index contributed by atoms with van der Waals surface area (Å²) in [6.45, 7) is 0. The Kier molecular flexibility index (Phi) is 5.61. The Morgan fingerprint density at radius 2 is 1.86 bits per heavy atom. The quantitative estimate of drug-likeness (QED) is 0.430. The lowest BCUT2D eigenvalue weighted by Gasteiger charge is -2.29. The van der Waals surface area contributed by atoms with Gasteiger partial charge < -0.3 is 15.0 Å². The lowest BCUT2D eigenvalue weighted by atomic mass is 10.1. The van der Waals surface area contributed by atoms with E-state index >= 15 is 0 Å². The monoisotopic (exact) mass is 403 g/mol. The molecular weight excluding hydrogens is 392 g/mol. The summed E-state index contributed by atoms with van der Waals surface area (Å²) in [4.78, 5) is 7.96. The van der Waals surface area contributed by atoms with Crippen LogP contribution >= 0.6 is 0 Å². The van der Waals surface area contributed by atoms with Gasteiger partial charge in [-0.15, -0.1) is 0 Å². The number of ether oxygens (including phenoxy) is 1. The third kappa shape index (κ3) is 4.59. The van der Waals surface area contributed by atoms with Crippen molar-refractivity contribution >= 4 is 11.6 Å². The number of anilines is 2. The Balaban J connectivity index is 1.88. The molecule has 148 valence electrons. The van der Waals surface area contributed by atoms with Gasteiger partial charge >= 0.3 is 12.5 Å². The van der Waals surface area contributed by atoms with Gasteiger partial charge in [0, 0.05) is 23.5 Å². The molecular formula is C19H11F4N4O2-. The summed E-state index contributed by atoms with van der Waals surface area (Å²) in [5.41, 5.74) is 1.11. The van der Waals surface area contributed by atoms with E-state index < -0.39 is 18.3 Å². The Hall–Kier alpha value is -3.71.